The Bertz CT molecular complexity index is 543. The lowest BCUT2D eigenvalue weighted by Crippen LogP contribution is -2.13. The van der Waals surface area contributed by atoms with E-state index >= 15 is 0 Å². The van der Waals surface area contributed by atoms with Gasteiger partial charge in [0.1, 0.15) is 11.4 Å². The van der Waals surface area contributed by atoms with E-state index in [2.05, 4.69) is 11.1 Å². The van der Waals surface area contributed by atoms with Gasteiger partial charge in [-0.1, -0.05) is 0 Å². The number of hydrogen-bond acceptors (Lipinski definition) is 4. The van der Waals surface area contributed by atoms with Crippen LogP contribution in [-0.2, 0) is 12.8 Å². The first-order valence-electron chi connectivity index (χ1n) is 6.15. The number of fused-ring (bicyclic) bond motifs is 1. The Kier molecular flexibility index (Phi) is 3.06. The lowest BCUT2D eigenvalue weighted by Gasteiger charge is -2.12. The van der Waals surface area contributed by atoms with Crippen molar-refractivity contribution in [3.8, 4) is 5.75 Å². The quantitative estimate of drug-likeness (QED) is 0.923. The number of thiophene rings is 1. The van der Waals surface area contributed by atoms with E-state index < -0.39 is 0 Å². The molecule has 0 radical (unpaired) electrons. The van der Waals surface area contributed by atoms with E-state index in [0.717, 1.165) is 11.4 Å². The van der Waals surface area contributed by atoms with Crippen LogP contribution in [0.15, 0.2) is 24.4 Å². The minimum atomic E-state index is -0.184. The van der Waals surface area contributed by atoms with Crippen molar-refractivity contribution >= 4 is 11.3 Å². The Morgan fingerprint density at radius 3 is 3.11 bits per heavy atom. The molecule has 0 amide bonds. The molecule has 0 aliphatic heterocycles. The molecule has 1 aliphatic rings. The van der Waals surface area contributed by atoms with Crippen molar-refractivity contribution in [2.75, 3.05) is 7.11 Å². The number of pyridine rings is 1. The third-order valence-electron chi connectivity index (χ3n) is 3.39. The normalized spacial score (nSPS) is 15.4. The average molecular weight is 260 g/mol. The summed E-state index contributed by atoms with van der Waals surface area (Å²) >= 11 is 1.82. The van der Waals surface area contributed by atoms with Crippen LogP contribution in [0, 0.1) is 0 Å². The molecular formula is C14H16N2OS. The number of nitrogens with zero attached hydrogens (tertiary/aromatic N) is 1. The molecule has 3 nitrogen and oxygen atoms in total. The van der Waals surface area contributed by atoms with Gasteiger partial charge in [0.15, 0.2) is 0 Å². The van der Waals surface area contributed by atoms with Crippen LogP contribution in [0.2, 0.25) is 0 Å². The smallest absolute Gasteiger partial charge is 0.142 e. The fraction of sp³-hybridized carbons (Fsp3) is 0.357. The first-order valence-corrected chi connectivity index (χ1v) is 6.97. The van der Waals surface area contributed by atoms with Gasteiger partial charge in [-0.3, -0.25) is 4.98 Å². The van der Waals surface area contributed by atoms with Crippen LogP contribution in [0.1, 0.15) is 33.5 Å². The van der Waals surface area contributed by atoms with Gasteiger partial charge in [0.05, 0.1) is 13.2 Å². The van der Waals surface area contributed by atoms with E-state index in [1.165, 1.54) is 34.6 Å². The molecule has 0 bridgehead atoms. The third kappa shape index (κ3) is 1.91. The summed E-state index contributed by atoms with van der Waals surface area (Å²) in [7, 11) is 1.65. The molecule has 0 aromatic carbocycles. The number of rotatable bonds is 3. The molecule has 3 rings (SSSR count). The summed E-state index contributed by atoms with van der Waals surface area (Å²) in [5, 5.41) is 0. The van der Waals surface area contributed by atoms with Gasteiger partial charge in [0.2, 0.25) is 0 Å². The summed E-state index contributed by atoms with van der Waals surface area (Å²) in [5.74, 6) is 0.763. The van der Waals surface area contributed by atoms with Crippen molar-refractivity contribution in [1.29, 1.82) is 0 Å². The van der Waals surface area contributed by atoms with Crippen molar-refractivity contribution in [2.45, 2.75) is 25.3 Å². The van der Waals surface area contributed by atoms with Crippen LogP contribution in [-0.4, -0.2) is 12.1 Å². The van der Waals surface area contributed by atoms with Crippen LogP contribution in [0.3, 0.4) is 0 Å². The molecule has 2 heterocycles. The Morgan fingerprint density at radius 2 is 2.33 bits per heavy atom. The second-order valence-corrected chi connectivity index (χ2v) is 5.69. The van der Waals surface area contributed by atoms with Gasteiger partial charge in [0.25, 0.3) is 0 Å². The van der Waals surface area contributed by atoms with Crippen molar-refractivity contribution in [3.05, 3.63) is 45.4 Å². The minimum Gasteiger partial charge on any atom is -0.495 e. The van der Waals surface area contributed by atoms with Crippen molar-refractivity contribution < 1.29 is 4.74 Å². The van der Waals surface area contributed by atoms with Gasteiger partial charge < -0.3 is 10.5 Å². The number of ether oxygens (including phenoxy) is 1. The summed E-state index contributed by atoms with van der Waals surface area (Å²) in [5.41, 5.74) is 8.61. The van der Waals surface area contributed by atoms with E-state index in [9.17, 15) is 0 Å². The van der Waals surface area contributed by atoms with Crippen LogP contribution >= 0.6 is 11.3 Å². The minimum absolute atomic E-state index is 0.184. The maximum absolute atomic E-state index is 6.32. The SMILES string of the molecule is COc1cccnc1C(N)c1cc2c(s1)CCC2. The second kappa shape index (κ2) is 4.71. The van der Waals surface area contributed by atoms with Gasteiger partial charge in [-0.05, 0) is 43.0 Å². The molecule has 0 saturated heterocycles. The number of hydrogen-bond donors (Lipinski definition) is 1. The highest BCUT2D eigenvalue weighted by atomic mass is 32.1. The summed E-state index contributed by atoms with van der Waals surface area (Å²) in [4.78, 5) is 7.05. The first kappa shape index (κ1) is 11.7. The van der Waals surface area contributed by atoms with Crippen LogP contribution in [0.25, 0.3) is 0 Å². The summed E-state index contributed by atoms with van der Waals surface area (Å²) in [6.07, 6.45) is 5.44. The van der Waals surface area contributed by atoms with Crippen molar-refractivity contribution in [1.82, 2.24) is 4.98 Å². The largest absolute Gasteiger partial charge is 0.495 e. The monoisotopic (exact) mass is 260 g/mol. The van der Waals surface area contributed by atoms with Crippen molar-refractivity contribution in [2.24, 2.45) is 5.73 Å². The molecule has 94 valence electrons. The topological polar surface area (TPSA) is 48.1 Å². The van der Waals surface area contributed by atoms with Gasteiger partial charge >= 0.3 is 0 Å². The van der Waals surface area contributed by atoms with E-state index in [1.807, 2.05) is 23.5 Å². The Labute approximate surface area is 111 Å². The Balaban J connectivity index is 1.95. The predicted octanol–water partition coefficient (Wildman–Crippen LogP) is 2.69. The molecule has 2 aromatic heterocycles. The molecule has 1 aliphatic carbocycles. The van der Waals surface area contributed by atoms with Gasteiger partial charge in [0, 0.05) is 16.0 Å². The Morgan fingerprint density at radius 1 is 1.44 bits per heavy atom. The van der Waals surface area contributed by atoms with Crippen molar-refractivity contribution in [3.63, 3.8) is 0 Å². The summed E-state index contributed by atoms with van der Waals surface area (Å²) < 4.78 is 5.33. The fourth-order valence-electron chi connectivity index (χ4n) is 2.45. The van der Waals surface area contributed by atoms with Gasteiger partial charge in [-0.25, -0.2) is 0 Å². The lowest BCUT2D eigenvalue weighted by atomic mass is 10.1. The number of methoxy groups -OCH3 is 1. The molecular weight excluding hydrogens is 244 g/mol. The number of aryl methyl sites for hydroxylation is 2. The molecule has 0 fully saturated rings. The molecule has 1 atom stereocenters. The maximum Gasteiger partial charge on any atom is 0.142 e. The average Bonchev–Trinajstić information content (AvgIpc) is 2.98. The lowest BCUT2D eigenvalue weighted by molar-refractivity contribution is 0.405. The highest BCUT2D eigenvalue weighted by Crippen LogP contribution is 2.36. The first-order chi connectivity index (χ1) is 8.79. The van der Waals surface area contributed by atoms with E-state index in [0.29, 0.717) is 0 Å². The zero-order valence-corrected chi connectivity index (χ0v) is 11.2. The van der Waals surface area contributed by atoms with Crippen LogP contribution in [0.4, 0.5) is 0 Å². The fourth-order valence-corrected chi connectivity index (χ4v) is 3.71. The van der Waals surface area contributed by atoms with E-state index in [1.54, 1.807) is 13.3 Å². The standard InChI is InChI=1S/C14H16N2OS/c1-17-10-5-3-7-16-14(10)13(15)12-8-9-4-2-6-11(9)18-12/h3,5,7-8,13H,2,4,6,15H2,1H3. The van der Waals surface area contributed by atoms with Gasteiger partial charge in [-0.2, -0.15) is 0 Å². The summed E-state index contributed by atoms with van der Waals surface area (Å²) in [6.45, 7) is 0. The molecule has 4 heteroatoms. The van der Waals surface area contributed by atoms with E-state index in [4.69, 9.17) is 10.5 Å². The molecule has 1 unspecified atom stereocenters. The highest BCUT2D eigenvalue weighted by Gasteiger charge is 2.21. The molecule has 0 saturated carbocycles. The Hall–Kier alpha value is -1.39. The molecule has 2 N–H and O–H groups in total. The van der Waals surface area contributed by atoms with Crippen LogP contribution < -0.4 is 10.5 Å². The van der Waals surface area contributed by atoms with Gasteiger partial charge in [-0.15, -0.1) is 11.3 Å². The number of aromatic nitrogens is 1. The number of nitrogens with two attached hydrogens (primary N) is 1. The molecule has 0 spiro atoms. The third-order valence-corrected chi connectivity index (χ3v) is 4.71. The molecule has 18 heavy (non-hydrogen) atoms. The predicted molar refractivity (Wildman–Crippen MR) is 73.2 cm³/mol. The zero-order valence-electron chi connectivity index (χ0n) is 10.3. The second-order valence-electron chi connectivity index (χ2n) is 4.52. The zero-order chi connectivity index (χ0) is 12.5. The van der Waals surface area contributed by atoms with Crippen LogP contribution in [0.5, 0.6) is 5.75 Å². The summed E-state index contributed by atoms with van der Waals surface area (Å²) in [6, 6.07) is 5.83. The highest BCUT2D eigenvalue weighted by molar-refractivity contribution is 7.12. The van der Waals surface area contributed by atoms with E-state index in [-0.39, 0.29) is 6.04 Å². The maximum atomic E-state index is 6.32. The molecule has 2 aromatic rings.